The Morgan fingerprint density at radius 1 is 1.35 bits per heavy atom. The molecule has 1 unspecified atom stereocenters. The van der Waals surface area contributed by atoms with Crippen LogP contribution < -0.4 is 4.90 Å². The molecule has 3 rings (SSSR count). The van der Waals surface area contributed by atoms with Gasteiger partial charge >= 0.3 is 0 Å². The maximum Gasteiger partial charge on any atom is 0.155 e. The van der Waals surface area contributed by atoms with Gasteiger partial charge in [-0.25, -0.2) is 0 Å². The van der Waals surface area contributed by atoms with Crippen LogP contribution in [0.5, 0.6) is 0 Å². The minimum atomic E-state index is 0.741. The van der Waals surface area contributed by atoms with Crippen LogP contribution >= 0.6 is 24.0 Å². The summed E-state index contributed by atoms with van der Waals surface area (Å²) in [6.07, 6.45) is 3.55. The van der Waals surface area contributed by atoms with Crippen molar-refractivity contribution in [3.05, 3.63) is 54.2 Å². The number of hydrogen-bond donors (Lipinski definition) is 1. The van der Waals surface area contributed by atoms with Gasteiger partial charge in [-0.15, -0.1) is 0 Å². The Morgan fingerprint density at radius 2 is 2.30 bits per heavy atom. The number of hydrogen-bond acceptors (Lipinski definition) is 4. The largest absolute Gasteiger partial charge is 0.467 e. The maximum absolute atomic E-state index is 5.44. The summed E-state index contributed by atoms with van der Waals surface area (Å²) in [7, 11) is 0. The summed E-state index contributed by atoms with van der Waals surface area (Å²) < 4.78 is 6.36. The molecule has 0 aliphatic carbocycles. The second kappa shape index (κ2) is 6.39. The number of pyridine rings is 1. The molecule has 0 saturated carbocycles. The van der Waals surface area contributed by atoms with Crippen molar-refractivity contribution < 1.29 is 9.32 Å². The number of nitrogens with one attached hydrogen (secondary N) is 1. The summed E-state index contributed by atoms with van der Waals surface area (Å²) in [6, 6.07) is 9.95. The Bertz CT molecular complexity index is 559. The van der Waals surface area contributed by atoms with Crippen LogP contribution in [0.4, 0.5) is 0 Å². The van der Waals surface area contributed by atoms with E-state index in [0.29, 0.717) is 0 Å². The zero-order chi connectivity index (χ0) is 13.8. The predicted octanol–water partition coefficient (Wildman–Crippen LogP) is 1.51. The van der Waals surface area contributed by atoms with Crippen molar-refractivity contribution in [3.63, 3.8) is 0 Å². The first-order chi connectivity index (χ1) is 9.81. The van der Waals surface area contributed by atoms with Crippen molar-refractivity contribution in [2.75, 3.05) is 12.5 Å². The van der Waals surface area contributed by atoms with Crippen molar-refractivity contribution >= 4 is 28.3 Å². The van der Waals surface area contributed by atoms with Gasteiger partial charge in [0.15, 0.2) is 6.67 Å². The van der Waals surface area contributed by atoms with Crippen LogP contribution in [0, 0.1) is 0 Å². The fourth-order valence-electron chi connectivity index (χ4n) is 2.21. The van der Waals surface area contributed by atoms with Crippen LogP contribution in [0.2, 0.25) is 0 Å². The molecule has 20 heavy (non-hydrogen) atoms. The van der Waals surface area contributed by atoms with Crippen LogP contribution in [-0.2, 0) is 13.1 Å². The minimum Gasteiger partial charge on any atom is -0.467 e. The lowest BCUT2D eigenvalue weighted by Gasteiger charge is -2.33. The topological polar surface area (TPSA) is 33.7 Å². The molecule has 3 heterocycles. The van der Waals surface area contributed by atoms with Gasteiger partial charge in [-0.3, -0.25) is 4.98 Å². The van der Waals surface area contributed by atoms with E-state index in [4.69, 9.17) is 16.6 Å². The summed E-state index contributed by atoms with van der Waals surface area (Å²) in [6.45, 7) is 2.55. The summed E-state index contributed by atoms with van der Waals surface area (Å²) in [5.74, 6) is 1.94. The molecule has 0 aromatic carbocycles. The molecule has 0 radical (unpaired) electrons. The highest BCUT2D eigenvalue weighted by Gasteiger charge is 2.25. The highest BCUT2D eigenvalue weighted by molar-refractivity contribution is 8.22. The van der Waals surface area contributed by atoms with E-state index in [-0.39, 0.29) is 0 Å². The zero-order valence-electron chi connectivity index (χ0n) is 11.0. The molecule has 2 aromatic rings. The van der Waals surface area contributed by atoms with Gasteiger partial charge in [-0.05, 0) is 36.0 Å². The van der Waals surface area contributed by atoms with Gasteiger partial charge in [-0.2, -0.15) is 0 Å². The highest BCUT2D eigenvalue weighted by atomic mass is 32.2. The molecule has 1 aliphatic heterocycles. The Balaban J connectivity index is 1.62. The SMILES string of the molecule is S=C1SC[NH+](Cc2ccccn2)CN1Cc1ccco1. The third-order valence-electron chi connectivity index (χ3n) is 3.16. The summed E-state index contributed by atoms with van der Waals surface area (Å²) in [5, 5.41) is 0. The van der Waals surface area contributed by atoms with E-state index in [0.717, 1.165) is 41.4 Å². The smallest absolute Gasteiger partial charge is 0.155 e. The summed E-state index contributed by atoms with van der Waals surface area (Å²) >= 11 is 7.16. The van der Waals surface area contributed by atoms with Gasteiger partial charge in [0.1, 0.15) is 22.5 Å². The van der Waals surface area contributed by atoms with Crippen LogP contribution in [0.25, 0.3) is 0 Å². The molecule has 104 valence electrons. The van der Waals surface area contributed by atoms with E-state index < -0.39 is 0 Å². The lowest BCUT2D eigenvalue weighted by molar-refractivity contribution is -0.911. The second-order valence-corrected chi connectivity index (χ2v) is 6.35. The monoisotopic (exact) mass is 306 g/mol. The van der Waals surface area contributed by atoms with E-state index in [1.54, 1.807) is 18.0 Å². The fourth-order valence-corrected chi connectivity index (χ4v) is 3.35. The Hall–Kier alpha value is -1.37. The normalized spacial score (nSPS) is 19.3. The minimum absolute atomic E-state index is 0.741. The Morgan fingerprint density at radius 3 is 3.05 bits per heavy atom. The number of aromatic nitrogens is 1. The average Bonchev–Trinajstić information content (AvgIpc) is 2.97. The van der Waals surface area contributed by atoms with Crippen molar-refractivity contribution in [1.29, 1.82) is 0 Å². The van der Waals surface area contributed by atoms with Crippen molar-refractivity contribution in [2.24, 2.45) is 0 Å². The standard InChI is InChI=1S/C14H15N3OS2/c19-14-17(9-13-5-3-7-18-13)10-16(11-20-14)8-12-4-1-2-6-15-12/h1-7H,8-11H2/p+1. The van der Waals surface area contributed by atoms with Gasteiger partial charge < -0.3 is 14.2 Å². The van der Waals surface area contributed by atoms with Crippen LogP contribution in [0.3, 0.4) is 0 Å². The average molecular weight is 306 g/mol. The van der Waals surface area contributed by atoms with E-state index in [9.17, 15) is 0 Å². The molecule has 0 amide bonds. The van der Waals surface area contributed by atoms with Gasteiger partial charge in [0.25, 0.3) is 0 Å². The first-order valence-electron chi connectivity index (χ1n) is 6.49. The van der Waals surface area contributed by atoms with Crippen molar-refractivity contribution in [1.82, 2.24) is 9.88 Å². The molecule has 2 aromatic heterocycles. The van der Waals surface area contributed by atoms with Gasteiger partial charge in [0.05, 0.1) is 18.5 Å². The molecule has 1 aliphatic rings. The highest BCUT2D eigenvalue weighted by Crippen LogP contribution is 2.14. The van der Waals surface area contributed by atoms with Crippen LogP contribution in [0.1, 0.15) is 11.5 Å². The van der Waals surface area contributed by atoms with E-state index in [1.165, 1.54) is 4.90 Å². The van der Waals surface area contributed by atoms with Gasteiger partial charge in [-0.1, -0.05) is 18.3 Å². The summed E-state index contributed by atoms with van der Waals surface area (Å²) in [4.78, 5) is 8.04. The number of rotatable bonds is 4. The van der Waals surface area contributed by atoms with Crippen LogP contribution in [0.15, 0.2) is 47.2 Å². The third-order valence-corrected chi connectivity index (χ3v) is 4.83. The number of quaternary nitrogens is 1. The van der Waals surface area contributed by atoms with Crippen molar-refractivity contribution in [2.45, 2.75) is 13.1 Å². The summed E-state index contributed by atoms with van der Waals surface area (Å²) in [5.41, 5.74) is 1.12. The Labute approximate surface area is 127 Å². The zero-order valence-corrected chi connectivity index (χ0v) is 12.6. The molecular weight excluding hydrogens is 290 g/mol. The van der Waals surface area contributed by atoms with Gasteiger partial charge in [0.2, 0.25) is 0 Å². The molecule has 1 saturated heterocycles. The quantitative estimate of drug-likeness (QED) is 0.866. The molecule has 1 atom stereocenters. The molecular formula is C14H16N3OS2+. The molecule has 0 bridgehead atoms. The van der Waals surface area contributed by atoms with E-state index in [1.807, 2.05) is 30.5 Å². The van der Waals surface area contributed by atoms with Crippen molar-refractivity contribution in [3.8, 4) is 0 Å². The first kappa shape index (κ1) is 13.6. The number of furan rings is 1. The Kier molecular flexibility index (Phi) is 4.34. The van der Waals surface area contributed by atoms with Gasteiger partial charge in [0, 0.05) is 6.20 Å². The third kappa shape index (κ3) is 3.39. The van der Waals surface area contributed by atoms with E-state index >= 15 is 0 Å². The van der Waals surface area contributed by atoms with E-state index in [2.05, 4.69) is 16.0 Å². The molecule has 1 fully saturated rings. The molecule has 0 spiro atoms. The fraction of sp³-hybridized carbons (Fsp3) is 0.286. The number of nitrogens with zero attached hydrogens (tertiary/aromatic N) is 2. The maximum atomic E-state index is 5.44. The molecule has 4 nitrogen and oxygen atoms in total. The predicted molar refractivity (Wildman–Crippen MR) is 83.1 cm³/mol. The second-order valence-electron chi connectivity index (χ2n) is 4.74. The molecule has 6 heteroatoms. The molecule has 1 N–H and O–H groups in total. The lowest BCUT2D eigenvalue weighted by atomic mass is 10.3. The number of thiocarbonyl (C=S) groups is 1. The first-order valence-corrected chi connectivity index (χ1v) is 7.88. The lowest BCUT2D eigenvalue weighted by Crippen LogP contribution is -3.13. The van der Waals surface area contributed by atoms with Crippen LogP contribution in [-0.4, -0.2) is 26.7 Å². The number of thioether (sulfide) groups is 1.